The quantitative estimate of drug-likeness (QED) is 0.449. The fourth-order valence-corrected chi connectivity index (χ4v) is 3.59. The van der Waals surface area contributed by atoms with Crippen LogP contribution in [0.5, 0.6) is 11.5 Å². The first-order valence-corrected chi connectivity index (χ1v) is 11.2. The van der Waals surface area contributed by atoms with E-state index in [1.807, 2.05) is 41.3 Å². The monoisotopic (exact) mass is 463 g/mol. The lowest BCUT2D eigenvalue weighted by atomic mass is 10.1. The summed E-state index contributed by atoms with van der Waals surface area (Å²) in [6, 6.07) is 16.7. The molecule has 3 aromatic rings. The summed E-state index contributed by atoms with van der Waals surface area (Å²) in [4.78, 5) is 27.1. The van der Waals surface area contributed by atoms with Gasteiger partial charge in [0.15, 0.2) is 0 Å². The average Bonchev–Trinajstić information content (AvgIpc) is 3.50. The van der Waals surface area contributed by atoms with Crippen molar-refractivity contribution in [2.75, 3.05) is 26.1 Å². The molecule has 0 atom stereocenters. The highest BCUT2D eigenvalue weighted by Gasteiger charge is 2.23. The van der Waals surface area contributed by atoms with Gasteiger partial charge in [-0.2, -0.15) is 0 Å². The van der Waals surface area contributed by atoms with Crippen molar-refractivity contribution < 1.29 is 23.5 Å². The Hall–Kier alpha value is -3.78. The van der Waals surface area contributed by atoms with Crippen LogP contribution >= 0.6 is 0 Å². The number of hydrogen-bond acceptors (Lipinski definition) is 6. The summed E-state index contributed by atoms with van der Waals surface area (Å²) in [5.41, 5.74) is 2.22. The molecule has 178 valence electrons. The fraction of sp³-hybridized carbons (Fsp3) is 0.308. The number of anilines is 1. The predicted octanol–water partition coefficient (Wildman–Crippen LogP) is 3.83. The number of rotatable bonds is 11. The van der Waals surface area contributed by atoms with Crippen molar-refractivity contribution in [2.45, 2.75) is 32.0 Å². The highest BCUT2D eigenvalue weighted by Crippen LogP contribution is 2.26. The molecule has 0 radical (unpaired) electrons. The van der Waals surface area contributed by atoms with Gasteiger partial charge >= 0.3 is 0 Å². The van der Waals surface area contributed by atoms with Gasteiger partial charge in [0.05, 0.1) is 33.6 Å². The second kappa shape index (κ2) is 10.9. The second-order valence-electron chi connectivity index (χ2n) is 8.32. The van der Waals surface area contributed by atoms with Crippen LogP contribution in [0.15, 0.2) is 65.3 Å². The number of nitrogens with zero attached hydrogens (tertiary/aromatic N) is 1. The molecule has 0 unspecified atom stereocenters. The molecule has 0 saturated heterocycles. The molecular formula is C26H29N3O5. The van der Waals surface area contributed by atoms with E-state index in [-0.39, 0.29) is 18.4 Å². The van der Waals surface area contributed by atoms with Gasteiger partial charge in [-0.1, -0.05) is 12.1 Å². The molecule has 1 aliphatic carbocycles. The second-order valence-corrected chi connectivity index (χ2v) is 8.32. The minimum Gasteiger partial charge on any atom is -0.497 e. The first-order valence-electron chi connectivity index (χ1n) is 11.2. The van der Waals surface area contributed by atoms with Crippen LogP contribution in [0.25, 0.3) is 0 Å². The normalized spacial score (nSPS) is 12.9. The lowest BCUT2D eigenvalue weighted by molar-refractivity contribution is -0.117. The number of furan rings is 1. The third-order valence-electron chi connectivity index (χ3n) is 5.50. The summed E-state index contributed by atoms with van der Waals surface area (Å²) in [5, 5.41) is 5.90. The summed E-state index contributed by atoms with van der Waals surface area (Å²) in [7, 11) is 3.12. The van der Waals surface area contributed by atoms with Crippen LogP contribution in [-0.2, 0) is 17.9 Å². The van der Waals surface area contributed by atoms with Gasteiger partial charge in [0.2, 0.25) is 5.91 Å². The van der Waals surface area contributed by atoms with Crippen LogP contribution in [0.1, 0.15) is 34.5 Å². The zero-order valence-electron chi connectivity index (χ0n) is 19.4. The van der Waals surface area contributed by atoms with E-state index in [1.54, 1.807) is 38.7 Å². The third-order valence-corrected chi connectivity index (χ3v) is 5.50. The van der Waals surface area contributed by atoms with E-state index in [1.165, 1.54) is 0 Å². The number of carbonyl (C=O) groups is 2. The highest BCUT2D eigenvalue weighted by molar-refractivity contribution is 5.94. The summed E-state index contributed by atoms with van der Waals surface area (Å²) in [5.74, 6) is 1.72. The predicted molar refractivity (Wildman–Crippen MR) is 128 cm³/mol. The maximum atomic E-state index is 12.9. The lowest BCUT2D eigenvalue weighted by Crippen LogP contribution is -2.32. The van der Waals surface area contributed by atoms with Gasteiger partial charge in [0.1, 0.15) is 17.3 Å². The number of benzene rings is 2. The van der Waals surface area contributed by atoms with E-state index in [0.717, 1.165) is 24.2 Å². The van der Waals surface area contributed by atoms with E-state index in [0.29, 0.717) is 41.9 Å². The Morgan fingerprint density at radius 1 is 1.00 bits per heavy atom. The minimum absolute atomic E-state index is 0.0467. The molecule has 8 nitrogen and oxygen atoms in total. The Morgan fingerprint density at radius 3 is 2.29 bits per heavy atom. The van der Waals surface area contributed by atoms with E-state index >= 15 is 0 Å². The first-order chi connectivity index (χ1) is 16.5. The van der Waals surface area contributed by atoms with Crippen LogP contribution in [0, 0.1) is 0 Å². The van der Waals surface area contributed by atoms with Crippen molar-refractivity contribution in [2.24, 2.45) is 0 Å². The Morgan fingerprint density at radius 2 is 1.71 bits per heavy atom. The number of amides is 2. The molecule has 0 bridgehead atoms. The van der Waals surface area contributed by atoms with Crippen molar-refractivity contribution in [3.63, 3.8) is 0 Å². The van der Waals surface area contributed by atoms with Crippen molar-refractivity contribution in [1.29, 1.82) is 0 Å². The minimum atomic E-state index is -0.178. The molecule has 34 heavy (non-hydrogen) atoms. The number of carbonyl (C=O) groups excluding carboxylic acids is 2. The Labute approximate surface area is 198 Å². The summed E-state index contributed by atoms with van der Waals surface area (Å²) in [6.45, 7) is 1.12. The molecule has 8 heteroatoms. The molecule has 0 spiro atoms. The van der Waals surface area contributed by atoms with Gasteiger partial charge in [-0.05, 0) is 42.7 Å². The van der Waals surface area contributed by atoms with Gasteiger partial charge in [0.25, 0.3) is 5.91 Å². The number of methoxy groups -OCH3 is 2. The van der Waals surface area contributed by atoms with Crippen molar-refractivity contribution >= 4 is 17.5 Å². The molecule has 1 aliphatic rings. The first kappa shape index (κ1) is 23.4. The zero-order valence-corrected chi connectivity index (χ0v) is 19.4. The Balaban J connectivity index is 1.42. The average molecular weight is 464 g/mol. The van der Waals surface area contributed by atoms with Crippen LogP contribution in [0.3, 0.4) is 0 Å². The molecule has 1 saturated carbocycles. The van der Waals surface area contributed by atoms with Crippen molar-refractivity contribution in [3.8, 4) is 11.5 Å². The molecule has 4 rings (SSSR count). The van der Waals surface area contributed by atoms with E-state index in [4.69, 9.17) is 13.9 Å². The van der Waals surface area contributed by atoms with E-state index < -0.39 is 0 Å². The van der Waals surface area contributed by atoms with Crippen molar-refractivity contribution in [3.05, 3.63) is 77.7 Å². The van der Waals surface area contributed by atoms with Gasteiger partial charge in [-0.25, -0.2) is 0 Å². The number of ether oxygens (including phenoxy) is 2. The molecular weight excluding hydrogens is 434 g/mol. The van der Waals surface area contributed by atoms with Crippen LogP contribution in [0.4, 0.5) is 5.69 Å². The number of nitrogens with one attached hydrogen (secondary N) is 2. The summed E-state index contributed by atoms with van der Waals surface area (Å²) < 4.78 is 16.1. The third kappa shape index (κ3) is 6.62. The maximum Gasteiger partial charge on any atom is 0.251 e. The zero-order chi connectivity index (χ0) is 23.9. The van der Waals surface area contributed by atoms with Gasteiger partial charge in [-0.3, -0.25) is 14.5 Å². The lowest BCUT2D eigenvalue weighted by Gasteiger charge is -2.21. The van der Waals surface area contributed by atoms with Crippen molar-refractivity contribution in [1.82, 2.24) is 10.2 Å². The van der Waals surface area contributed by atoms with E-state index in [2.05, 4.69) is 10.6 Å². The molecule has 1 fully saturated rings. The molecule has 2 amide bonds. The van der Waals surface area contributed by atoms with E-state index in [9.17, 15) is 9.59 Å². The van der Waals surface area contributed by atoms with Gasteiger partial charge < -0.3 is 24.5 Å². The molecule has 2 aromatic carbocycles. The Kier molecular flexibility index (Phi) is 7.49. The summed E-state index contributed by atoms with van der Waals surface area (Å²) in [6.07, 6.45) is 3.72. The standard InChI is InChI=1S/C26H29N3O5/c1-32-23-12-21(13-24(14-23)33-2)27-25(30)17-29(16-22-4-3-11-34-22)15-18-5-7-19(8-6-18)26(31)28-20-9-10-20/h3-8,11-14,20H,9-10,15-17H2,1-2H3,(H,27,30)(H,28,31). The van der Waals surface area contributed by atoms with Gasteiger partial charge in [0, 0.05) is 42.0 Å². The molecule has 0 aliphatic heterocycles. The summed E-state index contributed by atoms with van der Waals surface area (Å²) >= 11 is 0. The number of hydrogen-bond donors (Lipinski definition) is 2. The molecule has 1 aromatic heterocycles. The Bertz CT molecular complexity index is 1090. The SMILES string of the molecule is COc1cc(NC(=O)CN(Cc2ccc(C(=O)NC3CC3)cc2)Cc2ccco2)cc(OC)c1. The smallest absolute Gasteiger partial charge is 0.251 e. The maximum absolute atomic E-state index is 12.9. The van der Waals surface area contributed by atoms with Crippen LogP contribution in [0.2, 0.25) is 0 Å². The van der Waals surface area contributed by atoms with Crippen LogP contribution in [-0.4, -0.2) is 43.5 Å². The molecule has 2 N–H and O–H groups in total. The topological polar surface area (TPSA) is 93.0 Å². The van der Waals surface area contributed by atoms with Crippen LogP contribution < -0.4 is 20.1 Å². The fourth-order valence-electron chi connectivity index (χ4n) is 3.59. The van der Waals surface area contributed by atoms with Gasteiger partial charge in [-0.15, -0.1) is 0 Å². The molecule has 1 heterocycles. The highest BCUT2D eigenvalue weighted by atomic mass is 16.5. The largest absolute Gasteiger partial charge is 0.497 e.